The summed E-state index contributed by atoms with van der Waals surface area (Å²) in [6.45, 7) is 7.39. The Hall–Kier alpha value is -1.57. The smallest absolute Gasteiger partial charge is 0.191 e. The molecule has 0 radical (unpaired) electrons. The Bertz CT molecular complexity index is 580. The Balaban J connectivity index is 0.00000264. The van der Waals surface area contributed by atoms with Crippen LogP contribution in [0.1, 0.15) is 18.1 Å². The molecule has 6 heteroatoms. The number of aliphatic imine (C=N–C) groups is 1. The largest absolute Gasteiger partial charge is 0.357 e. The van der Waals surface area contributed by atoms with E-state index in [1.807, 2.05) is 30.1 Å². The van der Waals surface area contributed by atoms with Crippen LogP contribution in [-0.4, -0.2) is 35.4 Å². The highest BCUT2D eigenvalue weighted by molar-refractivity contribution is 14.0. The molecule has 126 valence electrons. The zero-order chi connectivity index (χ0) is 15.6. The van der Waals surface area contributed by atoms with E-state index in [1.165, 1.54) is 11.1 Å². The normalized spacial score (nSPS) is 11.0. The molecule has 2 aromatic rings. The van der Waals surface area contributed by atoms with Crippen molar-refractivity contribution >= 4 is 29.9 Å². The molecule has 2 rings (SSSR count). The van der Waals surface area contributed by atoms with Crippen molar-refractivity contribution in [2.45, 2.75) is 26.8 Å². The summed E-state index contributed by atoms with van der Waals surface area (Å²) in [5, 5.41) is 10.9. The van der Waals surface area contributed by atoms with E-state index < -0.39 is 0 Å². The summed E-state index contributed by atoms with van der Waals surface area (Å²) in [7, 11) is 0. The summed E-state index contributed by atoms with van der Waals surface area (Å²) in [5.41, 5.74) is 2.50. The van der Waals surface area contributed by atoms with Gasteiger partial charge in [-0.25, -0.2) is 0 Å². The minimum atomic E-state index is 0. The molecule has 5 nitrogen and oxygen atoms in total. The van der Waals surface area contributed by atoms with E-state index in [-0.39, 0.29) is 24.0 Å². The van der Waals surface area contributed by atoms with Gasteiger partial charge in [-0.1, -0.05) is 30.3 Å². The van der Waals surface area contributed by atoms with Crippen molar-refractivity contribution in [3.8, 4) is 0 Å². The molecule has 0 spiro atoms. The SMILES string of the molecule is CCNC(=NCCc1ccccc1)NCCn1cc(C)cn1.I. The van der Waals surface area contributed by atoms with Crippen molar-refractivity contribution in [2.24, 2.45) is 4.99 Å². The van der Waals surface area contributed by atoms with E-state index in [2.05, 4.69) is 51.9 Å². The van der Waals surface area contributed by atoms with Gasteiger partial charge in [0.2, 0.25) is 0 Å². The molecule has 0 saturated carbocycles. The first-order valence-electron chi connectivity index (χ1n) is 7.83. The van der Waals surface area contributed by atoms with Crippen molar-refractivity contribution in [2.75, 3.05) is 19.6 Å². The van der Waals surface area contributed by atoms with Crippen LogP contribution in [0.5, 0.6) is 0 Å². The summed E-state index contributed by atoms with van der Waals surface area (Å²) >= 11 is 0. The maximum Gasteiger partial charge on any atom is 0.191 e. The van der Waals surface area contributed by atoms with Crippen LogP contribution in [0.2, 0.25) is 0 Å². The number of aromatic nitrogens is 2. The standard InChI is InChI=1S/C17H25N5.HI/c1-3-18-17(19-10-9-16-7-5-4-6-8-16)20-11-12-22-14-15(2)13-21-22;/h4-8,13-14H,3,9-12H2,1-2H3,(H2,18,19,20);1H. The summed E-state index contributed by atoms with van der Waals surface area (Å²) in [6.07, 6.45) is 4.87. The number of benzene rings is 1. The van der Waals surface area contributed by atoms with Gasteiger partial charge in [0.25, 0.3) is 0 Å². The molecule has 0 saturated heterocycles. The third-order valence-electron chi connectivity index (χ3n) is 3.25. The van der Waals surface area contributed by atoms with Gasteiger partial charge in [-0.3, -0.25) is 9.67 Å². The molecule has 0 aliphatic carbocycles. The highest BCUT2D eigenvalue weighted by Gasteiger charge is 1.98. The van der Waals surface area contributed by atoms with Crippen LogP contribution in [0.15, 0.2) is 47.7 Å². The van der Waals surface area contributed by atoms with Crippen LogP contribution in [-0.2, 0) is 13.0 Å². The molecule has 1 aromatic carbocycles. The quantitative estimate of drug-likeness (QED) is 0.406. The molecule has 0 unspecified atom stereocenters. The molecule has 0 bridgehead atoms. The molecule has 0 aliphatic heterocycles. The van der Waals surface area contributed by atoms with Crippen LogP contribution in [0.3, 0.4) is 0 Å². The Morgan fingerprint density at radius 2 is 2.00 bits per heavy atom. The molecule has 1 aromatic heterocycles. The van der Waals surface area contributed by atoms with Crippen LogP contribution in [0.4, 0.5) is 0 Å². The number of hydrogen-bond acceptors (Lipinski definition) is 2. The summed E-state index contributed by atoms with van der Waals surface area (Å²) in [6, 6.07) is 10.4. The first-order chi connectivity index (χ1) is 10.8. The summed E-state index contributed by atoms with van der Waals surface area (Å²) < 4.78 is 1.94. The maximum absolute atomic E-state index is 4.61. The molecule has 0 fully saturated rings. The van der Waals surface area contributed by atoms with E-state index in [4.69, 9.17) is 0 Å². The highest BCUT2D eigenvalue weighted by atomic mass is 127. The van der Waals surface area contributed by atoms with Gasteiger partial charge in [-0.05, 0) is 31.4 Å². The fourth-order valence-corrected chi connectivity index (χ4v) is 2.16. The molecular weight excluding hydrogens is 401 g/mol. The van der Waals surface area contributed by atoms with Gasteiger partial charge >= 0.3 is 0 Å². The van der Waals surface area contributed by atoms with Gasteiger partial charge in [0.05, 0.1) is 12.7 Å². The van der Waals surface area contributed by atoms with Crippen molar-refractivity contribution in [1.82, 2.24) is 20.4 Å². The fraction of sp³-hybridized carbons (Fsp3) is 0.412. The van der Waals surface area contributed by atoms with Crippen LogP contribution in [0.25, 0.3) is 0 Å². The van der Waals surface area contributed by atoms with Gasteiger partial charge in [0, 0.05) is 25.8 Å². The number of hydrogen-bond donors (Lipinski definition) is 2. The van der Waals surface area contributed by atoms with Gasteiger partial charge in [-0.15, -0.1) is 24.0 Å². The van der Waals surface area contributed by atoms with Crippen molar-refractivity contribution < 1.29 is 0 Å². The first kappa shape index (κ1) is 19.5. The lowest BCUT2D eigenvalue weighted by Gasteiger charge is -2.11. The van der Waals surface area contributed by atoms with E-state index >= 15 is 0 Å². The number of rotatable bonds is 7. The Labute approximate surface area is 155 Å². The Morgan fingerprint density at radius 1 is 1.22 bits per heavy atom. The molecule has 0 atom stereocenters. The summed E-state index contributed by atoms with van der Waals surface area (Å²) in [5.74, 6) is 0.863. The lowest BCUT2D eigenvalue weighted by molar-refractivity contribution is 0.597. The number of nitrogens with zero attached hydrogens (tertiary/aromatic N) is 3. The first-order valence-corrected chi connectivity index (χ1v) is 7.83. The summed E-state index contributed by atoms with van der Waals surface area (Å²) in [4.78, 5) is 4.61. The lowest BCUT2D eigenvalue weighted by atomic mass is 10.2. The van der Waals surface area contributed by atoms with Gasteiger partial charge in [-0.2, -0.15) is 5.10 Å². The van der Waals surface area contributed by atoms with Gasteiger partial charge < -0.3 is 10.6 Å². The third kappa shape index (κ3) is 7.49. The second kappa shape index (κ2) is 11.0. The second-order valence-corrected chi connectivity index (χ2v) is 5.20. The van der Waals surface area contributed by atoms with E-state index in [0.717, 1.165) is 38.6 Å². The third-order valence-corrected chi connectivity index (χ3v) is 3.25. The predicted octanol–water partition coefficient (Wildman–Crippen LogP) is 2.61. The minimum absolute atomic E-state index is 0. The van der Waals surface area contributed by atoms with Crippen molar-refractivity contribution in [3.05, 3.63) is 53.9 Å². The average Bonchev–Trinajstić information content (AvgIpc) is 2.94. The minimum Gasteiger partial charge on any atom is -0.357 e. The average molecular weight is 427 g/mol. The van der Waals surface area contributed by atoms with Crippen molar-refractivity contribution in [1.29, 1.82) is 0 Å². The molecule has 1 heterocycles. The Morgan fingerprint density at radius 3 is 2.65 bits per heavy atom. The molecular formula is C17H26IN5. The highest BCUT2D eigenvalue weighted by Crippen LogP contribution is 1.99. The number of nitrogens with one attached hydrogen (secondary N) is 2. The molecule has 0 amide bonds. The fourth-order valence-electron chi connectivity index (χ4n) is 2.16. The van der Waals surface area contributed by atoms with E-state index in [1.54, 1.807) is 0 Å². The number of guanidine groups is 1. The second-order valence-electron chi connectivity index (χ2n) is 5.20. The topological polar surface area (TPSA) is 54.2 Å². The van der Waals surface area contributed by atoms with E-state index in [0.29, 0.717) is 0 Å². The zero-order valence-corrected chi connectivity index (χ0v) is 16.2. The predicted molar refractivity (Wildman–Crippen MR) is 107 cm³/mol. The van der Waals surface area contributed by atoms with Crippen molar-refractivity contribution in [3.63, 3.8) is 0 Å². The lowest BCUT2D eigenvalue weighted by Crippen LogP contribution is -2.39. The molecule has 0 aliphatic rings. The van der Waals surface area contributed by atoms with Crippen LogP contribution >= 0.6 is 24.0 Å². The number of halogens is 1. The van der Waals surface area contributed by atoms with Crippen LogP contribution < -0.4 is 10.6 Å². The molecule has 23 heavy (non-hydrogen) atoms. The van der Waals surface area contributed by atoms with Gasteiger partial charge in [0.15, 0.2) is 5.96 Å². The van der Waals surface area contributed by atoms with E-state index in [9.17, 15) is 0 Å². The van der Waals surface area contributed by atoms with Gasteiger partial charge in [0.1, 0.15) is 0 Å². The Kier molecular flexibility index (Phi) is 9.35. The number of aryl methyl sites for hydroxylation is 1. The van der Waals surface area contributed by atoms with Crippen LogP contribution in [0, 0.1) is 6.92 Å². The monoisotopic (exact) mass is 427 g/mol. The maximum atomic E-state index is 4.61. The molecule has 2 N–H and O–H groups in total. The zero-order valence-electron chi connectivity index (χ0n) is 13.8.